The number of aromatic nitrogens is 2. The molecular formula is C20H22ClN3O4. The van der Waals surface area contributed by atoms with Gasteiger partial charge in [-0.25, -0.2) is 4.79 Å². The third-order valence-electron chi connectivity index (χ3n) is 5.49. The van der Waals surface area contributed by atoms with Crippen molar-refractivity contribution >= 4 is 23.3 Å². The molecule has 0 bridgehead atoms. The first kappa shape index (κ1) is 20.1. The summed E-state index contributed by atoms with van der Waals surface area (Å²) < 4.78 is 2.09. The highest BCUT2D eigenvalue weighted by Crippen LogP contribution is 2.42. The van der Waals surface area contributed by atoms with E-state index in [0.717, 1.165) is 22.0 Å². The first-order chi connectivity index (χ1) is 13.3. The highest BCUT2D eigenvalue weighted by molar-refractivity contribution is 6.31. The number of benzene rings is 1. The number of nitrogens with zero attached hydrogens (tertiary/aromatic N) is 3. The van der Waals surface area contributed by atoms with Gasteiger partial charge >= 0.3 is 5.69 Å². The molecule has 8 heteroatoms. The van der Waals surface area contributed by atoms with Crippen molar-refractivity contribution in [1.82, 2.24) is 14.0 Å². The van der Waals surface area contributed by atoms with Gasteiger partial charge in [0, 0.05) is 43.4 Å². The molecule has 0 saturated heterocycles. The number of carbonyl (C=O) groups is 2. The van der Waals surface area contributed by atoms with Crippen molar-refractivity contribution in [1.29, 1.82) is 0 Å². The van der Waals surface area contributed by atoms with Crippen molar-refractivity contribution in [3.63, 3.8) is 0 Å². The average molecular weight is 404 g/mol. The molecule has 1 aliphatic carbocycles. The lowest BCUT2D eigenvalue weighted by molar-refractivity contribution is -0.148. The molecule has 7 nitrogen and oxygen atoms in total. The Morgan fingerprint density at radius 2 is 1.89 bits per heavy atom. The van der Waals surface area contributed by atoms with Crippen molar-refractivity contribution in [2.75, 3.05) is 7.05 Å². The summed E-state index contributed by atoms with van der Waals surface area (Å²) in [4.78, 5) is 51.4. The summed E-state index contributed by atoms with van der Waals surface area (Å²) in [5.74, 6) is -0.466. The molecule has 0 radical (unpaired) electrons. The minimum Gasteiger partial charge on any atom is -0.327 e. The number of likely N-dealkylation sites (N-methyl/N-ethyl adjacent to an activating group) is 1. The Morgan fingerprint density at radius 3 is 2.57 bits per heavy atom. The van der Waals surface area contributed by atoms with Crippen molar-refractivity contribution in [3.8, 4) is 0 Å². The summed E-state index contributed by atoms with van der Waals surface area (Å²) in [6.45, 7) is -0.275. The molecule has 3 rings (SSSR count). The quantitative estimate of drug-likeness (QED) is 0.778. The molecular weight excluding hydrogens is 382 g/mol. The number of carbonyl (C=O) groups excluding carboxylic acids is 2. The molecule has 1 aromatic carbocycles. The molecule has 1 unspecified atom stereocenters. The zero-order valence-corrected chi connectivity index (χ0v) is 16.6. The van der Waals surface area contributed by atoms with Gasteiger partial charge in [-0.1, -0.05) is 29.8 Å². The van der Waals surface area contributed by atoms with Crippen LogP contribution in [-0.4, -0.2) is 32.8 Å². The summed E-state index contributed by atoms with van der Waals surface area (Å²) in [5, 5.41) is 0.427. The monoisotopic (exact) mass is 403 g/mol. The van der Waals surface area contributed by atoms with Gasteiger partial charge in [0.25, 0.3) is 5.56 Å². The van der Waals surface area contributed by atoms with Crippen LogP contribution in [0.5, 0.6) is 0 Å². The summed E-state index contributed by atoms with van der Waals surface area (Å²) in [6.07, 6.45) is 3.69. The molecule has 1 heterocycles. The molecule has 1 aliphatic rings. The minimum atomic E-state index is -1.15. The van der Waals surface area contributed by atoms with Crippen LogP contribution >= 0.6 is 11.6 Å². The van der Waals surface area contributed by atoms with Crippen molar-refractivity contribution in [2.45, 2.75) is 37.8 Å². The molecule has 1 amide bonds. The highest BCUT2D eigenvalue weighted by atomic mass is 35.5. The summed E-state index contributed by atoms with van der Waals surface area (Å²) >= 11 is 6.40. The van der Waals surface area contributed by atoms with Crippen LogP contribution in [0.4, 0.5) is 0 Å². The number of rotatable bonds is 4. The molecule has 0 aliphatic heterocycles. The van der Waals surface area contributed by atoms with Crippen LogP contribution in [0, 0.1) is 0 Å². The third kappa shape index (κ3) is 3.30. The van der Waals surface area contributed by atoms with Gasteiger partial charge in [-0.15, -0.1) is 0 Å². The zero-order valence-electron chi connectivity index (χ0n) is 15.9. The van der Waals surface area contributed by atoms with E-state index < -0.39 is 22.7 Å². The first-order valence-electron chi connectivity index (χ1n) is 9.10. The summed E-state index contributed by atoms with van der Waals surface area (Å²) in [5.41, 5.74) is -1.59. The number of hydrogen-bond acceptors (Lipinski definition) is 4. The normalized spacial score (nSPS) is 19.5. The van der Waals surface area contributed by atoms with Gasteiger partial charge in [-0.2, -0.15) is 0 Å². The Labute approximate surface area is 167 Å². The Balaban J connectivity index is 2.02. The predicted octanol–water partition coefficient (Wildman–Crippen LogP) is 1.70. The Hall–Kier alpha value is -2.67. The van der Waals surface area contributed by atoms with Crippen LogP contribution in [-0.2, 0) is 28.7 Å². The molecule has 0 N–H and O–H groups in total. The van der Waals surface area contributed by atoms with Gasteiger partial charge < -0.3 is 4.90 Å². The molecule has 1 atom stereocenters. The minimum absolute atomic E-state index is 0.0597. The van der Waals surface area contributed by atoms with E-state index in [9.17, 15) is 19.2 Å². The number of ketones is 1. The fourth-order valence-electron chi connectivity index (χ4n) is 3.83. The maximum atomic E-state index is 13.1. The van der Waals surface area contributed by atoms with Gasteiger partial charge in [0.05, 0.1) is 0 Å². The second-order valence-electron chi connectivity index (χ2n) is 7.05. The lowest BCUT2D eigenvalue weighted by Gasteiger charge is -2.44. The van der Waals surface area contributed by atoms with Crippen LogP contribution in [0.2, 0.25) is 5.02 Å². The van der Waals surface area contributed by atoms with E-state index >= 15 is 0 Å². The molecule has 1 aromatic heterocycles. The fourth-order valence-corrected chi connectivity index (χ4v) is 4.12. The van der Waals surface area contributed by atoms with Crippen LogP contribution < -0.4 is 11.2 Å². The van der Waals surface area contributed by atoms with Crippen LogP contribution in [0.1, 0.15) is 31.2 Å². The Bertz CT molecular complexity index is 1040. The van der Waals surface area contributed by atoms with Gasteiger partial charge in [0.15, 0.2) is 5.78 Å². The van der Waals surface area contributed by atoms with E-state index in [1.165, 1.54) is 24.2 Å². The number of hydrogen-bond donors (Lipinski definition) is 0. The predicted molar refractivity (Wildman–Crippen MR) is 105 cm³/mol. The standard InChI is InChI=1S/C20H22ClN3O4/c1-22-17(26)10-12-24(19(22)28)13-18(27)23(2)20(11-6-5-9-16(20)25)14-7-3-4-8-15(14)21/h3-4,7-8,10,12H,5-6,9,11,13H2,1-2H3. The van der Waals surface area contributed by atoms with Crippen LogP contribution in [0.3, 0.4) is 0 Å². The molecule has 28 heavy (non-hydrogen) atoms. The summed E-state index contributed by atoms with van der Waals surface area (Å²) in [7, 11) is 2.92. The second kappa shape index (κ2) is 7.75. The lowest BCUT2D eigenvalue weighted by atomic mass is 9.74. The van der Waals surface area contributed by atoms with Crippen molar-refractivity contribution in [2.24, 2.45) is 7.05 Å². The lowest BCUT2D eigenvalue weighted by Crippen LogP contribution is -2.55. The van der Waals surface area contributed by atoms with Crippen molar-refractivity contribution in [3.05, 3.63) is 68.0 Å². The Kier molecular flexibility index (Phi) is 5.56. The third-order valence-corrected chi connectivity index (χ3v) is 5.82. The second-order valence-corrected chi connectivity index (χ2v) is 7.45. The molecule has 1 saturated carbocycles. The molecule has 148 valence electrons. The van der Waals surface area contributed by atoms with Crippen molar-refractivity contribution < 1.29 is 9.59 Å². The topological polar surface area (TPSA) is 81.4 Å². The first-order valence-corrected chi connectivity index (χ1v) is 9.48. The highest BCUT2D eigenvalue weighted by Gasteiger charge is 2.47. The smallest absolute Gasteiger partial charge is 0.327 e. The molecule has 1 fully saturated rings. The summed E-state index contributed by atoms with van der Waals surface area (Å²) in [6, 6.07) is 8.27. The van der Waals surface area contributed by atoms with E-state index in [1.54, 1.807) is 31.3 Å². The van der Waals surface area contributed by atoms with Gasteiger partial charge in [-0.05, 0) is 25.3 Å². The van der Waals surface area contributed by atoms with E-state index in [1.807, 2.05) is 0 Å². The number of halogens is 1. The van der Waals surface area contributed by atoms with E-state index in [4.69, 9.17) is 11.6 Å². The van der Waals surface area contributed by atoms with E-state index in [0.29, 0.717) is 23.4 Å². The van der Waals surface area contributed by atoms with E-state index in [-0.39, 0.29) is 12.3 Å². The number of Topliss-reactive ketones (excluding diaryl/α,β-unsaturated/α-hetero) is 1. The average Bonchev–Trinajstić information content (AvgIpc) is 2.69. The molecule has 0 spiro atoms. The maximum Gasteiger partial charge on any atom is 0.331 e. The van der Waals surface area contributed by atoms with Gasteiger partial charge in [0.2, 0.25) is 5.91 Å². The van der Waals surface area contributed by atoms with Crippen LogP contribution in [0.25, 0.3) is 0 Å². The number of amides is 1. The van der Waals surface area contributed by atoms with Gasteiger partial charge in [0.1, 0.15) is 12.1 Å². The van der Waals surface area contributed by atoms with Gasteiger partial charge in [-0.3, -0.25) is 23.5 Å². The molecule has 2 aromatic rings. The maximum absolute atomic E-state index is 13.1. The van der Waals surface area contributed by atoms with E-state index in [2.05, 4.69) is 0 Å². The SMILES string of the molecule is CN(C(=O)Cn1ccc(=O)n(C)c1=O)C1(c2ccccc2Cl)CCCCC1=O. The van der Waals surface area contributed by atoms with Crippen LogP contribution in [0.15, 0.2) is 46.1 Å². The largest absolute Gasteiger partial charge is 0.331 e. The zero-order chi connectivity index (χ0) is 20.5. The fraction of sp³-hybridized carbons (Fsp3) is 0.400. The Morgan fingerprint density at radius 1 is 1.18 bits per heavy atom.